The van der Waals surface area contributed by atoms with E-state index in [-0.39, 0.29) is 0 Å². The van der Waals surface area contributed by atoms with Crippen molar-refractivity contribution in [3.05, 3.63) is 35.4 Å². The van der Waals surface area contributed by atoms with E-state index in [0.29, 0.717) is 11.0 Å². The number of aldehydes is 1. The summed E-state index contributed by atoms with van der Waals surface area (Å²) < 4.78 is 0. The number of rotatable bonds is 3. The van der Waals surface area contributed by atoms with Gasteiger partial charge in [-0.3, -0.25) is 4.79 Å². The van der Waals surface area contributed by atoms with Gasteiger partial charge >= 0.3 is 0 Å². The normalized spacial score (nSPS) is 62.5. The zero-order valence-electron chi connectivity index (χ0n) is 10.0. The maximum atomic E-state index is 10.7. The first kappa shape index (κ1) is 8.87. The lowest BCUT2D eigenvalue weighted by Crippen LogP contribution is -3.14. The van der Waals surface area contributed by atoms with Gasteiger partial charge in [-0.05, 0) is 52.9 Å². The van der Waals surface area contributed by atoms with E-state index in [2.05, 4.69) is 12.1 Å². The van der Waals surface area contributed by atoms with Gasteiger partial charge in [0.2, 0.25) is 0 Å². The molecule has 1 aromatic rings. The van der Waals surface area contributed by atoms with Crippen LogP contribution in [-0.2, 0) is 6.42 Å². The average molecular weight is 237 g/mol. The Labute approximate surface area is 106 Å². The molecule has 0 radical (unpaired) electrons. The van der Waals surface area contributed by atoms with Crippen LogP contribution in [0.2, 0.25) is 0 Å². The van der Waals surface area contributed by atoms with Crippen molar-refractivity contribution in [1.82, 2.24) is 0 Å². The molecule has 0 aliphatic heterocycles. The van der Waals surface area contributed by atoms with E-state index in [0.717, 1.165) is 47.4 Å². The molecule has 0 aromatic heterocycles. The highest BCUT2D eigenvalue weighted by Gasteiger charge is 3.08. The number of carbonyl (C=O) groups excluding carboxylic acids is 1. The van der Waals surface area contributed by atoms with Gasteiger partial charge in [0.25, 0.3) is 0 Å². The zero-order chi connectivity index (χ0) is 11.9. The number of benzene rings is 1. The van der Waals surface area contributed by atoms with Gasteiger partial charge in [-0.2, -0.15) is 0 Å². The fourth-order valence-electron chi connectivity index (χ4n) is 7.26. The van der Waals surface area contributed by atoms with E-state index < -0.39 is 0 Å². The summed E-state index contributed by atoms with van der Waals surface area (Å²) in [5.41, 5.74) is 9.65. The SMILES string of the molecule is NC12C3C4C1C1C2C3C41Cc1ccc(C=O)cc1. The van der Waals surface area contributed by atoms with Gasteiger partial charge in [0.1, 0.15) is 6.29 Å². The number of hydrogen-bond acceptors (Lipinski definition) is 2. The third-order valence-electron chi connectivity index (χ3n) is 7.54. The molecule has 0 unspecified atom stereocenters. The monoisotopic (exact) mass is 237 g/mol. The van der Waals surface area contributed by atoms with Crippen molar-refractivity contribution in [2.75, 3.05) is 0 Å². The minimum Gasteiger partial charge on any atom is -0.324 e. The molecule has 0 bridgehead atoms. The van der Waals surface area contributed by atoms with E-state index in [1.165, 1.54) is 12.0 Å². The molecule has 6 aliphatic rings. The first-order valence-electron chi connectivity index (χ1n) is 7.07. The molecule has 6 fully saturated rings. The first-order chi connectivity index (χ1) is 8.74. The number of hydrogen-bond donors (Lipinski definition) is 1. The molecule has 0 spiro atoms. The quantitative estimate of drug-likeness (QED) is 0.809. The molecule has 90 valence electrons. The van der Waals surface area contributed by atoms with Gasteiger partial charge in [-0.25, -0.2) is 0 Å². The summed E-state index contributed by atoms with van der Waals surface area (Å²) in [6.45, 7) is 0. The van der Waals surface area contributed by atoms with Crippen LogP contribution < -0.4 is 5.73 Å². The third kappa shape index (κ3) is 0.495. The van der Waals surface area contributed by atoms with Gasteiger partial charge in [-0.1, -0.05) is 24.3 Å². The highest BCUT2D eigenvalue weighted by molar-refractivity contribution is 5.74. The van der Waals surface area contributed by atoms with E-state index in [1.54, 1.807) is 0 Å². The van der Waals surface area contributed by atoms with Gasteiger partial charge in [0, 0.05) is 11.1 Å². The summed E-state index contributed by atoms with van der Waals surface area (Å²) in [6.07, 6.45) is 2.16. The Morgan fingerprint density at radius 3 is 2.06 bits per heavy atom. The van der Waals surface area contributed by atoms with Crippen molar-refractivity contribution in [3.8, 4) is 0 Å². The van der Waals surface area contributed by atoms with Crippen LogP contribution in [0.4, 0.5) is 0 Å². The molecule has 0 saturated heterocycles. The Balaban J connectivity index is 1.32. The molecule has 2 nitrogen and oxygen atoms in total. The zero-order valence-corrected chi connectivity index (χ0v) is 10.0. The van der Waals surface area contributed by atoms with E-state index >= 15 is 0 Å². The molecular formula is C16H15NO. The molecular weight excluding hydrogens is 222 g/mol. The molecule has 18 heavy (non-hydrogen) atoms. The summed E-state index contributed by atoms with van der Waals surface area (Å²) >= 11 is 0. The van der Waals surface area contributed by atoms with Crippen molar-refractivity contribution in [1.29, 1.82) is 0 Å². The van der Waals surface area contributed by atoms with Gasteiger partial charge in [0.15, 0.2) is 0 Å². The second-order valence-electron chi connectivity index (χ2n) is 7.30. The van der Waals surface area contributed by atoms with Crippen molar-refractivity contribution in [2.45, 2.75) is 12.0 Å². The van der Waals surface area contributed by atoms with Crippen LogP contribution in [0.3, 0.4) is 0 Å². The van der Waals surface area contributed by atoms with Gasteiger partial charge < -0.3 is 5.73 Å². The smallest absolute Gasteiger partial charge is 0.150 e. The van der Waals surface area contributed by atoms with E-state index in [1.807, 2.05) is 12.1 Å². The third-order valence-corrected chi connectivity index (χ3v) is 7.54. The molecule has 6 aliphatic carbocycles. The predicted octanol–water partition coefficient (Wildman–Crippen LogP) is 1.49. The minimum atomic E-state index is 0.336. The Bertz CT molecular complexity index is 563. The molecule has 2 N–H and O–H groups in total. The Morgan fingerprint density at radius 2 is 1.56 bits per heavy atom. The van der Waals surface area contributed by atoms with Gasteiger partial charge in [0.05, 0.1) is 0 Å². The summed E-state index contributed by atoms with van der Waals surface area (Å²) in [4.78, 5) is 10.7. The number of nitrogens with two attached hydrogens (primary N) is 1. The standard InChI is InChI=1S/C16H15NO/c17-16-12-9-13(16)11-14(16)10(12)15(9,11)5-7-1-3-8(6-18)4-2-7/h1-4,6,9-14H,5,17H2. The highest BCUT2D eigenvalue weighted by Crippen LogP contribution is 3.06. The van der Waals surface area contributed by atoms with Crippen LogP contribution in [0.25, 0.3) is 0 Å². The largest absolute Gasteiger partial charge is 0.324 e. The van der Waals surface area contributed by atoms with Crippen molar-refractivity contribution in [2.24, 2.45) is 46.7 Å². The van der Waals surface area contributed by atoms with E-state index in [4.69, 9.17) is 5.73 Å². The lowest BCUT2D eigenvalue weighted by atomic mass is 8.94. The average Bonchev–Trinajstić information content (AvgIpc) is 2.43. The molecule has 0 heterocycles. The summed E-state index contributed by atoms with van der Waals surface area (Å²) in [6, 6.07) is 8.19. The first-order valence-corrected chi connectivity index (χ1v) is 7.07. The van der Waals surface area contributed by atoms with E-state index in [9.17, 15) is 4.79 Å². The molecule has 0 atom stereocenters. The number of carbonyl (C=O) groups is 1. The lowest BCUT2D eigenvalue weighted by Gasteiger charge is -3.11. The highest BCUT2D eigenvalue weighted by atomic mass is 16.1. The molecule has 2 heteroatoms. The molecule has 7 rings (SSSR count). The van der Waals surface area contributed by atoms with Crippen LogP contribution in [0.5, 0.6) is 0 Å². The van der Waals surface area contributed by atoms with Crippen LogP contribution in [0.1, 0.15) is 15.9 Å². The van der Waals surface area contributed by atoms with Gasteiger partial charge in [-0.15, -0.1) is 0 Å². The van der Waals surface area contributed by atoms with Crippen LogP contribution in [-0.4, -0.2) is 11.8 Å². The Morgan fingerprint density at radius 1 is 1.00 bits per heavy atom. The Kier molecular flexibility index (Phi) is 1.03. The summed E-state index contributed by atoms with van der Waals surface area (Å²) in [7, 11) is 0. The van der Waals surface area contributed by atoms with Crippen LogP contribution in [0.15, 0.2) is 24.3 Å². The molecule has 1 aromatic carbocycles. The summed E-state index contributed by atoms with van der Waals surface area (Å²) in [5, 5.41) is 0. The topological polar surface area (TPSA) is 43.1 Å². The maximum absolute atomic E-state index is 10.7. The van der Waals surface area contributed by atoms with Crippen molar-refractivity contribution < 1.29 is 4.79 Å². The fourth-order valence-corrected chi connectivity index (χ4v) is 7.26. The maximum Gasteiger partial charge on any atom is 0.150 e. The van der Waals surface area contributed by atoms with Crippen LogP contribution in [0, 0.1) is 40.9 Å². The predicted molar refractivity (Wildman–Crippen MR) is 65.8 cm³/mol. The fraction of sp³-hybridized carbons (Fsp3) is 0.562. The van der Waals surface area contributed by atoms with Crippen molar-refractivity contribution >= 4 is 6.29 Å². The second kappa shape index (κ2) is 2.09. The Hall–Kier alpha value is -1.15. The second-order valence-corrected chi connectivity index (χ2v) is 7.30. The van der Waals surface area contributed by atoms with Crippen LogP contribution >= 0.6 is 0 Å². The lowest BCUT2D eigenvalue weighted by molar-refractivity contribution is -0.620. The molecule has 0 amide bonds. The molecule has 6 saturated carbocycles. The summed E-state index contributed by atoms with van der Waals surface area (Å²) in [5.74, 6) is 5.67. The van der Waals surface area contributed by atoms with Crippen molar-refractivity contribution in [3.63, 3.8) is 0 Å². The minimum absolute atomic E-state index is 0.336.